The van der Waals surface area contributed by atoms with E-state index >= 15 is 0 Å². The molecule has 0 bridgehead atoms. The van der Waals surface area contributed by atoms with Crippen LogP contribution in [0.2, 0.25) is 0 Å². The van der Waals surface area contributed by atoms with Crippen LogP contribution in [0, 0.1) is 12.8 Å². The summed E-state index contributed by atoms with van der Waals surface area (Å²) in [6.45, 7) is 5.71. The summed E-state index contributed by atoms with van der Waals surface area (Å²) in [6, 6.07) is 3.77. The molecule has 0 N–H and O–H groups in total. The predicted octanol–water partition coefficient (Wildman–Crippen LogP) is 1.37. The van der Waals surface area contributed by atoms with Crippen LogP contribution in [0.5, 0.6) is 5.88 Å². The fourth-order valence-electron chi connectivity index (χ4n) is 3.11. The van der Waals surface area contributed by atoms with E-state index in [1.54, 1.807) is 16.7 Å². The van der Waals surface area contributed by atoms with Crippen molar-refractivity contribution >= 4 is 17.5 Å². The second-order valence-corrected chi connectivity index (χ2v) is 5.92. The molecule has 1 aromatic heterocycles. The molecule has 2 amide bonds. The molecule has 0 spiro atoms. The highest BCUT2D eigenvalue weighted by Gasteiger charge is 2.33. The van der Waals surface area contributed by atoms with Gasteiger partial charge in [0.05, 0.1) is 12.5 Å². The lowest BCUT2D eigenvalue weighted by Crippen LogP contribution is -2.48. The number of ether oxygens (including phenoxy) is 1. The number of nitrogens with zero attached hydrogens (tertiary/aromatic N) is 3. The number of pyridine rings is 1. The molecular formula is C16H21N3O3. The van der Waals surface area contributed by atoms with Gasteiger partial charge in [0, 0.05) is 25.7 Å². The third-order valence-corrected chi connectivity index (χ3v) is 4.31. The summed E-state index contributed by atoms with van der Waals surface area (Å²) in [7, 11) is 0. The van der Waals surface area contributed by atoms with Crippen molar-refractivity contribution in [3.8, 4) is 5.88 Å². The van der Waals surface area contributed by atoms with Gasteiger partial charge in [0.15, 0.2) is 0 Å². The molecule has 0 saturated carbocycles. The molecule has 3 heterocycles. The standard InChI is InChI=1S/C16H21N3O3/c1-11-5-6-14-15(17-11)22-9-8-19(14)16(21)13-4-3-7-18(10-13)12(2)20/h5-6,13H,3-4,7-10H2,1-2H3. The first-order valence-electron chi connectivity index (χ1n) is 7.73. The number of amides is 2. The lowest BCUT2D eigenvalue weighted by atomic mass is 9.96. The zero-order valence-corrected chi connectivity index (χ0v) is 13.0. The number of anilines is 1. The number of hydrogen-bond acceptors (Lipinski definition) is 4. The summed E-state index contributed by atoms with van der Waals surface area (Å²) in [5.74, 6) is 0.502. The van der Waals surface area contributed by atoms with Crippen molar-refractivity contribution in [2.45, 2.75) is 26.7 Å². The average molecular weight is 303 g/mol. The van der Waals surface area contributed by atoms with Gasteiger partial charge in [-0.1, -0.05) is 0 Å². The molecule has 22 heavy (non-hydrogen) atoms. The minimum atomic E-state index is -0.134. The van der Waals surface area contributed by atoms with Crippen LogP contribution in [0.25, 0.3) is 0 Å². The predicted molar refractivity (Wildman–Crippen MR) is 81.8 cm³/mol. The van der Waals surface area contributed by atoms with Crippen LogP contribution in [0.4, 0.5) is 5.69 Å². The molecule has 1 unspecified atom stereocenters. The summed E-state index contributed by atoms with van der Waals surface area (Å²) in [5, 5.41) is 0. The molecule has 0 aromatic carbocycles. The number of aryl methyl sites for hydroxylation is 1. The quantitative estimate of drug-likeness (QED) is 0.786. The number of fused-ring (bicyclic) bond motifs is 1. The van der Waals surface area contributed by atoms with Gasteiger partial charge >= 0.3 is 0 Å². The zero-order valence-electron chi connectivity index (χ0n) is 13.0. The molecule has 0 radical (unpaired) electrons. The maximum Gasteiger partial charge on any atom is 0.238 e. The molecule has 1 aromatic rings. The Morgan fingerprint density at radius 3 is 2.91 bits per heavy atom. The highest BCUT2D eigenvalue weighted by atomic mass is 16.5. The lowest BCUT2D eigenvalue weighted by molar-refractivity contribution is -0.133. The molecule has 2 aliphatic rings. The Balaban J connectivity index is 1.80. The average Bonchev–Trinajstić information content (AvgIpc) is 2.53. The topological polar surface area (TPSA) is 62.7 Å². The molecule has 1 fully saturated rings. The zero-order chi connectivity index (χ0) is 15.7. The molecular weight excluding hydrogens is 282 g/mol. The first-order valence-corrected chi connectivity index (χ1v) is 7.73. The molecule has 3 rings (SSSR count). The normalized spacial score (nSPS) is 21.1. The Morgan fingerprint density at radius 2 is 2.14 bits per heavy atom. The van der Waals surface area contributed by atoms with E-state index in [-0.39, 0.29) is 17.7 Å². The summed E-state index contributed by atoms with van der Waals surface area (Å²) >= 11 is 0. The monoisotopic (exact) mass is 303 g/mol. The number of piperidine rings is 1. The number of aromatic nitrogens is 1. The van der Waals surface area contributed by atoms with Gasteiger partial charge in [0.25, 0.3) is 0 Å². The van der Waals surface area contributed by atoms with E-state index < -0.39 is 0 Å². The maximum absolute atomic E-state index is 12.9. The lowest BCUT2D eigenvalue weighted by Gasteiger charge is -2.36. The largest absolute Gasteiger partial charge is 0.474 e. The van der Waals surface area contributed by atoms with E-state index in [1.807, 2.05) is 19.1 Å². The Morgan fingerprint density at radius 1 is 1.32 bits per heavy atom. The Kier molecular flexibility index (Phi) is 4.00. The van der Waals surface area contributed by atoms with Crippen molar-refractivity contribution in [1.82, 2.24) is 9.88 Å². The Bertz CT molecular complexity index is 602. The highest BCUT2D eigenvalue weighted by molar-refractivity contribution is 5.97. The SMILES string of the molecule is CC(=O)N1CCCC(C(=O)N2CCOc3nc(C)ccc32)C1. The van der Waals surface area contributed by atoms with Crippen molar-refractivity contribution in [1.29, 1.82) is 0 Å². The molecule has 1 atom stereocenters. The number of likely N-dealkylation sites (tertiary alicyclic amines) is 1. The van der Waals surface area contributed by atoms with Gasteiger partial charge in [0.1, 0.15) is 12.3 Å². The van der Waals surface area contributed by atoms with E-state index in [2.05, 4.69) is 4.98 Å². The van der Waals surface area contributed by atoms with E-state index in [1.165, 1.54) is 0 Å². The van der Waals surface area contributed by atoms with E-state index in [4.69, 9.17) is 4.74 Å². The third kappa shape index (κ3) is 2.77. The van der Waals surface area contributed by atoms with Crippen LogP contribution in [-0.4, -0.2) is 47.9 Å². The van der Waals surface area contributed by atoms with E-state index in [0.717, 1.165) is 30.8 Å². The minimum Gasteiger partial charge on any atom is -0.474 e. The van der Waals surface area contributed by atoms with E-state index in [0.29, 0.717) is 25.6 Å². The highest BCUT2D eigenvalue weighted by Crippen LogP contribution is 2.32. The van der Waals surface area contributed by atoms with Crippen LogP contribution in [0.15, 0.2) is 12.1 Å². The summed E-state index contributed by atoms with van der Waals surface area (Å²) in [5.41, 5.74) is 1.61. The third-order valence-electron chi connectivity index (χ3n) is 4.31. The number of rotatable bonds is 1. The van der Waals surface area contributed by atoms with Gasteiger partial charge in [-0.25, -0.2) is 4.98 Å². The smallest absolute Gasteiger partial charge is 0.238 e. The van der Waals surface area contributed by atoms with Gasteiger partial charge < -0.3 is 14.5 Å². The molecule has 1 saturated heterocycles. The summed E-state index contributed by atoms with van der Waals surface area (Å²) in [4.78, 5) is 32.3. The van der Waals surface area contributed by atoms with Gasteiger partial charge in [-0.3, -0.25) is 9.59 Å². The van der Waals surface area contributed by atoms with Crippen molar-refractivity contribution < 1.29 is 14.3 Å². The Hall–Kier alpha value is -2.11. The molecule has 0 aliphatic carbocycles. The van der Waals surface area contributed by atoms with Crippen LogP contribution >= 0.6 is 0 Å². The molecule has 2 aliphatic heterocycles. The van der Waals surface area contributed by atoms with Gasteiger partial charge in [0.2, 0.25) is 17.7 Å². The van der Waals surface area contributed by atoms with Crippen molar-refractivity contribution in [3.05, 3.63) is 17.8 Å². The number of carbonyl (C=O) groups excluding carboxylic acids is 2. The molecule has 6 heteroatoms. The van der Waals surface area contributed by atoms with Crippen LogP contribution in [0.1, 0.15) is 25.5 Å². The number of hydrogen-bond donors (Lipinski definition) is 0. The van der Waals surface area contributed by atoms with E-state index in [9.17, 15) is 9.59 Å². The van der Waals surface area contributed by atoms with Gasteiger partial charge in [-0.2, -0.15) is 0 Å². The first-order chi connectivity index (χ1) is 10.6. The second kappa shape index (κ2) is 5.94. The van der Waals surface area contributed by atoms with Crippen LogP contribution in [0.3, 0.4) is 0 Å². The maximum atomic E-state index is 12.9. The second-order valence-electron chi connectivity index (χ2n) is 5.92. The van der Waals surface area contributed by atoms with Gasteiger partial charge in [-0.15, -0.1) is 0 Å². The summed E-state index contributed by atoms with van der Waals surface area (Å²) < 4.78 is 5.56. The summed E-state index contributed by atoms with van der Waals surface area (Å²) in [6.07, 6.45) is 1.70. The van der Waals surface area contributed by atoms with Crippen LogP contribution in [-0.2, 0) is 9.59 Å². The van der Waals surface area contributed by atoms with Crippen LogP contribution < -0.4 is 9.64 Å². The fraction of sp³-hybridized carbons (Fsp3) is 0.562. The molecule has 118 valence electrons. The van der Waals surface area contributed by atoms with Crippen molar-refractivity contribution in [2.75, 3.05) is 31.1 Å². The minimum absolute atomic E-state index is 0.0390. The molecule has 6 nitrogen and oxygen atoms in total. The Labute approximate surface area is 130 Å². The fourth-order valence-corrected chi connectivity index (χ4v) is 3.11. The first kappa shape index (κ1) is 14.8. The van der Waals surface area contributed by atoms with Crippen molar-refractivity contribution in [2.24, 2.45) is 5.92 Å². The number of carbonyl (C=O) groups is 2. The van der Waals surface area contributed by atoms with Gasteiger partial charge in [-0.05, 0) is 31.9 Å². The van der Waals surface area contributed by atoms with Crippen molar-refractivity contribution in [3.63, 3.8) is 0 Å².